The molecule has 0 aliphatic rings. The molecule has 0 fully saturated rings. The average Bonchev–Trinajstić information content (AvgIpc) is 2.95. The number of pyridine rings is 1. The Labute approximate surface area is 127 Å². The minimum atomic E-state index is 1.04. The summed E-state index contributed by atoms with van der Waals surface area (Å²) in [5.74, 6) is 0. The molecule has 0 saturated carbocycles. The van der Waals surface area contributed by atoms with Gasteiger partial charge in [0.25, 0.3) is 0 Å². The number of para-hydroxylation sites is 2. The van der Waals surface area contributed by atoms with E-state index in [1.54, 1.807) is 0 Å². The van der Waals surface area contributed by atoms with Gasteiger partial charge in [0.1, 0.15) is 5.65 Å². The topological polar surface area (TPSA) is 17.3 Å². The van der Waals surface area contributed by atoms with Crippen LogP contribution in [0.15, 0.2) is 66.7 Å². The minimum Gasteiger partial charge on any atom is -0.292 e. The van der Waals surface area contributed by atoms with Crippen LogP contribution in [0.3, 0.4) is 0 Å². The summed E-state index contributed by atoms with van der Waals surface area (Å²) < 4.78 is 2.29. The van der Waals surface area contributed by atoms with Crippen molar-refractivity contribution in [1.82, 2.24) is 9.38 Å². The van der Waals surface area contributed by atoms with Crippen LogP contribution in [-0.2, 0) is 0 Å². The molecule has 2 aromatic heterocycles. The standard InChI is InChI=1S/C20H14N2/c1-13-10-11-15-14-6-2-3-7-16(14)20-21-17-8-4-5-9-18(17)22(20)19(15)12-13/h2-12H,1H3. The third kappa shape index (κ3) is 1.41. The maximum absolute atomic E-state index is 4.89. The molecule has 2 nitrogen and oxygen atoms in total. The van der Waals surface area contributed by atoms with E-state index >= 15 is 0 Å². The molecule has 104 valence electrons. The summed E-state index contributed by atoms with van der Waals surface area (Å²) in [6.45, 7) is 2.14. The van der Waals surface area contributed by atoms with Crippen molar-refractivity contribution in [2.45, 2.75) is 6.92 Å². The van der Waals surface area contributed by atoms with Gasteiger partial charge in [0.05, 0.1) is 16.6 Å². The molecule has 0 bridgehead atoms. The second-order valence-corrected chi connectivity index (χ2v) is 5.83. The van der Waals surface area contributed by atoms with Crippen LogP contribution in [0.1, 0.15) is 5.56 Å². The Hall–Kier alpha value is -2.87. The molecule has 3 aromatic carbocycles. The molecule has 0 aliphatic carbocycles. The molecule has 0 unspecified atom stereocenters. The lowest BCUT2D eigenvalue weighted by atomic mass is 10.0. The third-order valence-corrected chi connectivity index (χ3v) is 4.41. The number of aromatic nitrogens is 2. The van der Waals surface area contributed by atoms with Gasteiger partial charge in [-0.1, -0.05) is 48.5 Å². The van der Waals surface area contributed by atoms with E-state index in [1.807, 2.05) is 6.07 Å². The fourth-order valence-electron chi connectivity index (χ4n) is 3.42. The first kappa shape index (κ1) is 11.8. The molecule has 0 radical (unpaired) electrons. The van der Waals surface area contributed by atoms with E-state index in [-0.39, 0.29) is 0 Å². The smallest absolute Gasteiger partial charge is 0.146 e. The van der Waals surface area contributed by atoms with E-state index < -0.39 is 0 Å². The van der Waals surface area contributed by atoms with Crippen molar-refractivity contribution >= 4 is 38.4 Å². The summed E-state index contributed by atoms with van der Waals surface area (Å²) in [6, 6.07) is 23.5. The monoisotopic (exact) mass is 282 g/mol. The lowest BCUT2D eigenvalue weighted by Gasteiger charge is -2.09. The average molecular weight is 282 g/mol. The van der Waals surface area contributed by atoms with Gasteiger partial charge in [-0.2, -0.15) is 0 Å². The fraction of sp³-hybridized carbons (Fsp3) is 0.0500. The Bertz CT molecular complexity index is 1180. The highest BCUT2D eigenvalue weighted by atomic mass is 15.0. The lowest BCUT2D eigenvalue weighted by molar-refractivity contribution is 1.30. The number of hydrogen-bond acceptors (Lipinski definition) is 1. The summed E-state index contributed by atoms with van der Waals surface area (Å²) in [6.07, 6.45) is 0. The van der Waals surface area contributed by atoms with Crippen LogP contribution >= 0.6 is 0 Å². The van der Waals surface area contributed by atoms with E-state index in [1.165, 1.54) is 32.8 Å². The van der Waals surface area contributed by atoms with Gasteiger partial charge < -0.3 is 0 Å². The summed E-state index contributed by atoms with van der Waals surface area (Å²) >= 11 is 0. The lowest BCUT2D eigenvalue weighted by Crippen LogP contribution is -1.91. The van der Waals surface area contributed by atoms with E-state index in [0.29, 0.717) is 0 Å². The highest BCUT2D eigenvalue weighted by Gasteiger charge is 2.12. The maximum Gasteiger partial charge on any atom is 0.146 e. The number of hydrogen-bond donors (Lipinski definition) is 0. The SMILES string of the molecule is Cc1ccc2c3ccccc3c3nc4ccccc4n3c2c1. The summed E-state index contributed by atoms with van der Waals surface area (Å²) in [5, 5.41) is 3.74. The second-order valence-electron chi connectivity index (χ2n) is 5.83. The van der Waals surface area contributed by atoms with Gasteiger partial charge in [0.2, 0.25) is 0 Å². The van der Waals surface area contributed by atoms with Gasteiger partial charge in [-0.15, -0.1) is 0 Å². The molecule has 0 atom stereocenters. The van der Waals surface area contributed by atoms with Crippen LogP contribution in [0.4, 0.5) is 0 Å². The fourth-order valence-corrected chi connectivity index (χ4v) is 3.42. The van der Waals surface area contributed by atoms with Crippen molar-refractivity contribution in [1.29, 1.82) is 0 Å². The zero-order valence-corrected chi connectivity index (χ0v) is 12.2. The van der Waals surface area contributed by atoms with Crippen LogP contribution in [0.5, 0.6) is 0 Å². The molecule has 0 N–H and O–H groups in total. The van der Waals surface area contributed by atoms with Crippen molar-refractivity contribution in [3.05, 3.63) is 72.3 Å². The van der Waals surface area contributed by atoms with E-state index in [4.69, 9.17) is 4.98 Å². The molecule has 5 rings (SSSR count). The number of imidazole rings is 1. The number of fused-ring (bicyclic) bond motifs is 8. The van der Waals surface area contributed by atoms with Gasteiger partial charge in [-0.05, 0) is 36.1 Å². The van der Waals surface area contributed by atoms with Crippen LogP contribution in [0.2, 0.25) is 0 Å². The van der Waals surface area contributed by atoms with Crippen molar-refractivity contribution < 1.29 is 0 Å². The molecule has 0 aliphatic heterocycles. The number of aryl methyl sites for hydroxylation is 1. The Morgan fingerprint density at radius 2 is 1.50 bits per heavy atom. The second kappa shape index (κ2) is 4.08. The molecule has 0 saturated heterocycles. The molecule has 0 spiro atoms. The van der Waals surface area contributed by atoms with Gasteiger partial charge in [0.15, 0.2) is 0 Å². The van der Waals surface area contributed by atoms with Crippen molar-refractivity contribution in [3.8, 4) is 0 Å². The molecule has 0 amide bonds. The van der Waals surface area contributed by atoms with E-state index in [2.05, 4.69) is 72.0 Å². The van der Waals surface area contributed by atoms with Gasteiger partial charge in [0, 0.05) is 10.8 Å². The van der Waals surface area contributed by atoms with Gasteiger partial charge in [-0.25, -0.2) is 4.98 Å². The molecular formula is C20H14N2. The zero-order chi connectivity index (χ0) is 14.7. The summed E-state index contributed by atoms with van der Waals surface area (Å²) in [4.78, 5) is 4.89. The first-order valence-electron chi connectivity index (χ1n) is 7.51. The van der Waals surface area contributed by atoms with Crippen molar-refractivity contribution in [3.63, 3.8) is 0 Å². The first-order chi connectivity index (χ1) is 10.8. The molecule has 5 aromatic rings. The predicted octanol–water partition coefficient (Wildman–Crippen LogP) is 5.10. The number of benzene rings is 3. The Kier molecular flexibility index (Phi) is 2.18. The van der Waals surface area contributed by atoms with Crippen LogP contribution in [0.25, 0.3) is 38.4 Å². The minimum absolute atomic E-state index is 1.04. The zero-order valence-electron chi connectivity index (χ0n) is 12.2. The van der Waals surface area contributed by atoms with Crippen molar-refractivity contribution in [2.24, 2.45) is 0 Å². The Balaban J connectivity index is 2.23. The normalized spacial score (nSPS) is 11.9. The number of rotatable bonds is 0. The quantitative estimate of drug-likeness (QED) is 0.361. The van der Waals surface area contributed by atoms with E-state index in [9.17, 15) is 0 Å². The molecule has 22 heavy (non-hydrogen) atoms. The molecule has 2 heterocycles. The highest BCUT2D eigenvalue weighted by molar-refractivity contribution is 6.13. The summed E-state index contributed by atoms with van der Waals surface area (Å²) in [7, 11) is 0. The van der Waals surface area contributed by atoms with Crippen LogP contribution in [-0.4, -0.2) is 9.38 Å². The molecular weight excluding hydrogens is 268 g/mol. The maximum atomic E-state index is 4.89. The largest absolute Gasteiger partial charge is 0.292 e. The van der Waals surface area contributed by atoms with Crippen LogP contribution in [0, 0.1) is 6.92 Å². The first-order valence-corrected chi connectivity index (χ1v) is 7.51. The van der Waals surface area contributed by atoms with Crippen LogP contribution < -0.4 is 0 Å². The Morgan fingerprint density at radius 3 is 2.41 bits per heavy atom. The van der Waals surface area contributed by atoms with Crippen molar-refractivity contribution in [2.75, 3.05) is 0 Å². The van der Waals surface area contributed by atoms with Gasteiger partial charge in [-0.3, -0.25) is 4.40 Å². The highest BCUT2D eigenvalue weighted by Crippen LogP contribution is 2.32. The Morgan fingerprint density at radius 1 is 0.727 bits per heavy atom. The predicted molar refractivity (Wildman–Crippen MR) is 92.4 cm³/mol. The summed E-state index contributed by atoms with van der Waals surface area (Å²) in [5.41, 5.74) is 5.74. The molecule has 2 heteroatoms. The van der Waals surface area contributed by atoms with Gasteiger partial charge >= 0.3 is 0 Å². The number of nitrogens with zero attached hydrogens (tertiary/aromatic N) is 2. The third-order valence-electron chi connectivity index (χ3n) is 4.41. The van der Waals surface area contributed by atoms with E-state index in [0.717, 1.165) is 11.2 Å².